The SMILES string of the molecule is O=C(c1ccc(Br)o1)N1CC[C@H](n2cc(C3CC3)nn2)C1. The van der Waals surface area contributed by atoms with Crippen LogP contribution in [0.25, 0.3) is 0 Å². The molecule has 7 heteroatoms. The highest BCUT2D eigenvalue weighted by molar-refractivity contribution is 9.10. The van der Waals surface area contributed by atoms with E-state index >= 15 is 0 Å². The maximum absolute atomic E-state index is 12.3. The Balaban J connectivity index is 1.45. The molecule has 110 valence electrons. The first-order valence-corrected chi connectivity index (χ1v) is 7.96. The molecule has 0 spiro atoms. The Bertz CT molecular complexity index is 676. The fraction of sp³-hybridized carbons (Fsp3) is 0.500. The number of halogens is 1. The summed E-state index contributed by atoms with van der Waals surface area (Å²) in [5.41, 5.74) is 1.09. The molecule has 1 saturated carbocycles. The first kappa shape index (κ1) is 13.1. The van der Waals surface area contributed by atoms with Crippen molar-refractivity contribution in [1.29, 1.82) is 0 Å². The van der Waals surface area contributed by atoms with Crippen molar-refractivity contribution in [1.82, 2.24) is 19.9 Å². The lowest BCUT2D eigenvalue weighted by molar-refractivity contribution is 0.0754. The van der Waals surface area contributed by atoms with Crippen LogP contribution < -0.4 is 0 Å². The first-order valence-electron chi connectivity index (χ1n) is 7.17. The topological polar surface area (TPSA) is 64.2 Å². The van der Waals surface area contributed by atoms with E-state index in [1.54, 1.807) is 12.1 Å². The average Bonchev–Trinajstić information content (AvgIpc) is 2.94. The number of likely N-dealkylation sites (tertiary alicyclic amines) is 1. The van der Waals surface area contributed by atoms with Gasteiger partial charge in [-0.1, -0.05) is 5.21 Å². The van der Waals surface area contributed by atoms with Gasteiger partial charge in [-0.2, -0.15) is 0 Å². The summed E-state index contributed by atoms with van der Waals surface area (Å²) in [5.74, 6) is 0.920. The van der Waals surface area contributed by atoms with Crippen LogP contribution in [0.2, 0.25) is 0 Å². The highest BCUT2D eigenvalue weighted by atomic mass is 79.9. The van der Waals surface area contributed by atoms with Gasteiger partial charge in [-0.25, -0.2) is 4.68 Å². The number of aromatic nitrogens is 3. The lowest BCUT2D eigenvalue weighted by atomic mass is 10.2. The van der Waals surface area contributed by atoms with Gasteiger partial charge in [0.2, 0.25) is 0 Å². The van der Waals surface area contributed by atoms with Gasteiger partial charge in [-0.3, -0.25) is 4.79 Å². The Morgan fingerprint density at radius 3 is 2.90 bits per heavy atom. The predicted molar refractivity (Wildman–Crippen MR) is 78.0 cm³/mol. The number of nitrogens with zero attached hydrogens (tertiary/aromatic N) is 4. The van der Waals surface area contributed by atoms with Crippen molar-refractivity contribution in [2.45, 2.75) is 31.2 Å². The minimum absolute atomic E-state index is 0.0641. The Labute approximate surface area is 130 Å². The van der Waals surface area contributed by atoms with E-state index in [0.717, 1.165) is 18.7 Å². The van der Waals surface area contributed by atoms with E-state index in [0.29, 0.717) is 22.9 Å². The summed E-state index contributed by atoms with van der Waals surface area (Å²) in [6.07, 6.45) is 5.39. The molecule has 1 aliphatic carbocycles. The summed E-state index contributed by atoms with van der Waals surface area (Å²) in [6, 6.07) is 3.65. The largest absolute Gasteiger partial charge is 0.444 e. The zero-order valence-electron chi connectivity index (χ0n) is 11.4. The Morgan fingerprint density at radius 2 is 2.19 bits per heavy atom. The molecule has 2 aromatic rings. The van der Waals surface area contributed by atoms with Crippen molar-refractivity contribution in [3.05, 3.63) is 34.5 Å². The maximum atomic E-state index is 12.3. The molecule has 1 atom stereocenters. The van der Waals surface area contributed by atoms with Crippen LogP contribution in [-0.2, 0) is 0 Å². The van der Waals surface area contributed by atoms with Gasteiger partial charge in [0.25, 0.3) is 5.91 Å². The molecule has 0 unspecified atom stereocenters. The van der Waals surface area contributed by atoms with E-state index in [-0.39, 0.29) is 11.9 Å². The molecule has 1 amide bonds. The van der Waals surface area contributed by atoms with Gasteiger partial charge >= 0.3 is 0 Å². The van der Waals surface area contributed by atoms with Gasteiger partial charge in [0.1, 0.15) is 0 Å². The van der Waals surface area contributed by atoms with Gasteiger partial charge < -0.3 is 9.32 Å². The smallest absolute Gasteiger partial charge is 0.289 e. The number of carbonyl (C=O) groups excluding carboxylic acids is 1. The van der Waals surface area contributed by atoms with Crippen molar-refractivity contribution in [2.75, 3.05) is 13.1 Å². The monoisotopic (exact) mass is 350 g/mol. The standard InChI is InChI=1S/C14H15BrN4O2/c15-13-4-3-12(21-13)14(20)18-6-5-10(7-18)19-8-11(16-17-19)9-1-2-9/h3-4,8-10H,1-2,5-7H2/t10-/m0/s1. The van der Waals surface area contributed by atoms with E-state index in [1.165, 1.54) is 12.8 Å². The van der Waals surface area contributed by atoms with Gasteiger partial charge in [0.05, 0.1) is 11.7 Å². The van der Waals surface area contributed by atoms with Crippen molar-refractivity contribution < 1.29 is 9.21 Å². The third-order valence-electron chi connectivity index (χ3n) is 4.13. The molecule has 0 radical (unpaired) electrons. The summed E-state index contributed by atoms with van der Waals surface area (Å²) in [7, 11) is 0. The Hall–Kier alpha value is -1.63. The molecule has 2 aliphatic rings. The number of amides is 1. The molecular weight excluding hydrogens is 336 g/mol. The number of hydrogen-bond acceptors (Lipinski definition) is 4. The molecule has 2 aromatic heterocycles. The van der Waals surface area contributed by atoms with E-state index in [1.807, 2.05) is 15.8 Å². The molecule has 6 nitrogen and oxygen atoms in total. The van der Waals surface area contributed by atoms with Crippen molar-refractivity contribution in [3.63, 3.8) is 0 Å². The lowest BCUT2D eigenvalue weighted by Crippen LogP contribution is -2.28. The van der Waals surface area contributed by atoms with Crippen molar-refractivity contribution >= 4 is 21.8 Å². The number of hydrogen-bond donors (Lipinski definition) is 0. The van der Waals surface area contributed by atoms with Crippen LogP contribution in [0.1, 0.15) is 47.5 Å². The Kier molecular flexibility index (Phi) is 3.10. The second kappa shape index (κ2) is 4.98. The van der Waals surface area contributed by atoms with Crippen molar-refractivity contribution in [2.24, 2.45) is 0 Å². The molecule has 2 fully saturated rings. The zero-order valence-corrected chi connectivity index (χ0v) is 13.0. The van der Waals surface area contributed by atoms with Crippen LogP contribution in [0.4, 0.5) is 0 Å². The summed E-state index contributed by atoms with van der Waals surface area (Å²) >= 11 is 3.22. The average molecular weight is 351 g/mol. The number of rotatable bonds is 3. The highest BCUT2D eigenvalue weighted by Crippen LogP contribution is 2.39. The van der Waals surface area contributed by atoms with Crippen LogP contribution in [0.3, 0.4) is 0 Å². The van der Waals surface area contributed by atoms with Crippen LogP contribution in [0.5, 0.6) is 0 Å². The molecule has 0 aromatic carbocycles. The molecular formula is C14H15BrN4O2. The second-order valence-electron chi connectivity index (χ2n) is 5.70. The zero-order chi connectivity index (χ0) is 14.4. The van der Waals surface area contributed by atoms with E-state index in [2.05, 4.69) is 26.2 Å². The van der Waals surface area contributed by atoms with E-state index in [4.69, 9.17) is 4.42 Å². The fourth-order valence-electron chi connectivity index (χ4n) is 2.76. The summed E-state index contributed by atoms with van der Waals surface area (Å²) < 4.78 is 7.82. The van der Waals surface area contributed by atoms with E-state index in [9.17, 15) is 4.79 Å². The highest BCUT2D eigenvalue weighted by Gasteiger charge is 2.32. The summed E-state index contributed by atoms with van der Waals surface area (Å²) in [5, 5.41) is 8.47. The van der Waals surface area contributed by atoms with Gasteiger partial charge in [-0.15, -0.1) is 5.10 Å². The summed E-state index contributed by atoms with van der Waals surface area (Å²) in [6.45, 7) is 1.38. The third kappa shape index (κ3) is 2.50. The van der Waals surface area contributed by atoms with Crippen LogP contribution >= 0.6 is 15.9 Å². The Morgan fingerprint density at radius 1 is 1.33 bits per heavy atom. The number of carbonyl (C=O) groups is 1. The molecule has 1 saturated heterocycles. The van der Waals surface area contributed by atoms with Crippen LogP contribution in [0, 0.1) is 0 Å². The van der Waals surface area contributed by atoms with Gasteiger partial charge in [0, 0.05) is 25.2 Å². The minimum atomic E-state index is -0.0641. The van der Waals surface area contributed by atoms with Gasteiger partial charge in [0.15, 0.2) is 10.4 Å². The predicted octanol–water partition coefficient (Wildman–Crippen LogP) is 2.60. The summed E-state index contributed by atoms with van der Waals surface area (Å²) in [4.78, 5) is 14.1. The van der Waals surface area contributed by atoms with Gasteiger partial charge in [-0.05, 0) is 47.3 Å². The van der Waals surface area contributed by atoms with Crippen molar-refractivity contribution in [3.8, 4) is 0 Å². The maximum Gasteiger partial charge on any atom is 0.289 e. The second-order valence-corrected chi connectivity index (χ2v) is 6.48. The minimum Gasteiger partial charge on any atom is -0.444 e. The van der Waals surface area contributed by atoms with Crippen LogP contribution in [0.15, 0.2) is 27.4 Å². The third-order valence-corrected chi connectivity index (χ3v) is 4.56. The molecule has 1 aliphatic heterocycles. The normalized spacial score (nSPS) is 22.0. The molecule has 21 heavy (non-hydrogen) atoms. The lowest BCUT2D eigenvalue weighted by Gasteiger charge is -2.14. The molecule has 0 N–H and O–H groups in total. The quantitative estimate of drug-likeness (QED) is 0.853. The fourth-order valence-corrected chi connectivity index (χ4v) is 3.07. The molecule has 0 bridgehead atoms. The van der Waals surface area contributed by atoms with Crippen LogP contribution in [-0.4, -0.2) is 38.9 Å². The number of furan rings is 1. The van der Waals surface area contributed by atoms with E-state index < -0.39 is 0 Å². The first-order chi connectivity index (χ1) is 10.2. The molecule has 4 rings (SSSR count). The molecule has 3 heterocycles.